The maximum absolute atomic E-state index is 11.6. The zero-order valence-electron chi connectivity index (χ0n) is 12.7. The number of benzene rings is 1. The van der Waals surface area contributed by atoms with E-state index >= 15 is 0 Å². The Balaban J connectivity index is 0.00000242. The molecule has 0 saturated carbocycles. The predicted octanol–water partition coefficient (Wildman–Crippen LogP) is 1.51. The molecule has 1 aliphatic heterocycles. The summed E-state index contributed by atoms with van der Waals surface area (Å²) in [7, 11) is -1.99. The maximum Gasteiger partial charge on any atom is 0.240 e. The Hall–Kier alpha value is -0.870. The highest BCUT2D eigenvalue weighted by Crippen LogP contribution is 2.12. The van der Waals surface area contributed by atoms with Crippen LogP contribution in [0, 0.1) is 0 Å². The Bertz CT molecular complexity index is 596. The monoisotopic (exact) mass is 438 g/mol. The van der Waals surface area contributed by atoms with Crippen molar-refractivity contribution in [1.82, 2.24) is 9.62 Å². The average molecular weight is 438 g/mol. The summed E-state index contributed by atoms with van der Waals surface area (Å²) in [6.45, 7) is 2.39. The first-order valence-corrected chi connectivity index (χ1v) is 8.58. The molecule has 0 radical (unpaired) electrons. The molecule has 8 heteroatoms. The second-order valence-corrected chi connectivity index (χ2v) is 6.96. The molecule has 1 saturated heterocycles. The van der Waals surface area contributed by atoms with Gasteiger partial charge in [-0.3, -0.25) is 0 Å². The molecule has 0 amide bonds. The van der Waals surface area contributed by atoms with Crippen LogP contribution < -0.4 is 10.5 Å². The lowest BCUT2D eigenvalue weighted by molar-refractivity contribution is 0.338. The van der Waals surface area contributed by atoms with Crippen molar-refractivity contribution in [2.75, 3.05) is 20.1 Å². The van der Waals surface area contributed by atoms with Gasteiger partial charge in [0.1, 0.15) is 0 Å². The van der Waals surface area contributed by atoms with Gasteiger partial charge in [-0.2, -0.15) is 0 Å². The molecule has 0 unspecified atom stereocenters. The molecule has 6 nitrogen and oxygen atoms in total. The first-order chi connectivity index (χ1) is 10.0. The van der Waals surface area contributed by atoms with Crippen LogP contribution in [0.25, 0.3) is 0 Å². The first kappa shape index (κ1) is 19.2. The maximum atomic E-state index is 11.6. The summed E-state index contributed by atoms with van der Waals surface area (Å²) in [5.74, 6) is 0.571. The average Bonchev–Trinajstić information content (AvgIpc) is 2.54. The van der Waals surface area contributed by atoms with Crippen molar-refractivity contribution in [2.45, 2.75) is 30.7 Å². The fraction of sp³-hybridized carbons (Fsp3) is 0.500. The molecule has 1 heterocycles. The standard InChI is InChI=1S/C14H22N4O2S.HI/c1-16-21(19,20)13-7-5-12(6-8-13)11-17-14(15)18-9-3-2-4-10-18;/h5-8,16H,2-4,9-11H2,1H3,(H2,15,17);1H. The van der Waals surface area contributed by atoms with E-state index < -0.39 is 10.0 Å². The molecule has 0 atom stereocenters. The molecule has 1 fully saturated rings. The van der Waals surface area contributed by atoms with Gasteiger partial charge >= 0.3 is 0 Å². The van der Waals surface area contributed by atoms with Gasteiger partial charge in [0, 0.05) is 13.1 Å². The molecule has 2 rings (SSSR count). The van der Waals surface area contributed by atoms with Gasteiger partial charge in [0.2, 0.25) is 10.0 Å². The molecule has 3 N–H and O–H groups in total. The molecule has 1 aromatic rings. The number of likely N-dealkylation sites (tertiary alicyclic amines) is 1. The third-order valence-corrected chi connectivity index (χ3v) is 5.04. The highest BCUT2D eigenvalue weighted by atomic mass is 127. The molecule has 124 valence electrons. The van der Waals surface area contributed by atoms with E-state index in [4.69, 9.17) is 5.73 Å². The number of hydrogen-bond acceptors (Lipinski definition) is 3. The largest absolute Gasteiger partial charge is 0.370 e. The molecular formula is C14H23IN4O2S. The smallest absolute Gasteiger partial charge is 0.240 e. The van der Waals surface area contributed by atoms with E-state index in [9.17, 15) is 8.42 Å². The minimum absolute atomic E-state index is 0. The van der Waals surface area contributed by atoms with Gasteiger partial charge in [0.05, 0.1) is 11.4 Å². The van der Waals surface area contributed by atoms with Crippen LogP contribution in [0.4, 0.5) is 0 Å². The highest BCUT2D eigenvalue weighted by molar-refractivity contribution is 14.0. The quantitative estimate of drug-likeness (QED) is 0.424. The zero-order chi connectivity index (χ0) is 15.3. The van der Waals surface area contributed by atoms with E-state index in [-0.39, 0.29) is 28.9 Å². The molecule has 0 aliphatic carbocycles. The Labute approximate surface area is 149 Å². The van der Waals surface area contributed by atoms with Gasteiger partial charge in [-0.15, -0.1) is 24.0 Å². The Morgan fingerprint density at radius 3 is 2.36 bits per heavy atom. The number of nitrogens with zero attached hydrogens (tertiary/aromatic N) is 2. The summed E-state index contributed by atoms with van der Waals surface area (Å²) in [6, 6.07) is 6.68. The summed E-state index contributed by atoms with van der Waals surface area (Å²) in [5.41, 5.74) is 6.92. The van der Waals surface area contributed by atoms with E-state index in [2.05, 4.69) is 14.6 Å². The molecule has 0 aromatic heterocycles. The van der Waals surface area contributed by atoms with Crippen molar-refractivity contribution in [3.63, 3.8) is 0 Å². The van der Waals surface area contributed by atoms with Gasteiger partial charge in [-0.25, -0.2) is 18.1 Å². The number of nitrogens with two attached hydrogens (primary N) is 1. The third kappa shape index (κ3) is 5.10. The summed E-state index contributed by atoms with van der Waals surface area (Å²) in [6.07, 6.45) is 3.57. The second kappa shape index (κ2) is 8.68. The predicted molar refractivity (Wildman–Crippen MR) is 98.9 cm³/mol. The van der Waals surface area contributed by atoms with Crippen molar-refractivity contribution in [3.8, 4) is 0 Å². The van der Waals surface area contributed by atoms with Crippen LogP contribution in [0.15, 0.2) is 34.2 Å². The third-order valence-electron chi connectivity index (χ3n) is 3.61. The fourth-order valence-corrected chi connectivity index (χ4v) is 3.02. The summed E-state index contributed by atoms with van der Waals surface area (Å²) < 4.78 is 25.5. The summed E-state index contributed by atoms with van der Waals surface area (Å²) in [5, 5.41) is 0. The van der Waals surface area contributed by atoms with Crippen molar-refractivity contribution in [3.05, 3.63) is 29.8 Å². The second-order valence-electron chi connectivity index (χ2n) is 5.07. The lowest BCUT2D eigenvalue weighted by atomic mass is 10.1. The molecule has 22 heavy (non-hydrogen) atoms. The number of nitrogens with one attached hydrogen (secondary N) is 1. The number of aliphatic imine (C=N–C) groups is 1. The van der Waals surface area contributed by atoms with Crippen LogP contribution in [0.1, 0.15) is 24.8 Å². The normalized spacial score (nSPS) is 16.2. The van der Waals surface area contributed by atoms with Gasteiger partial charge < -0.3 is 10.6 Å². The highest BCUT2D eigenvalue weighted by Gasteiger charge is 2.12. The Kier molecular flexibility index (Phi) is 7.57. The van der Waals surface area contributed by atoms with Crippen LogP contribution in [0.3, 0.4) is 0 Å². The minimum Gasteiger partial charge on any atom is -0.370 e. The summed E-state index contributed by atoms with van der Waals surface area (Å²) >= 11 is 0. The number of hydrogen-bond donors (Lipinski definition) is 2. The molecule has 1 aromatic carbocycles. The van der Waals surface area contributed by atoms with Crippen molar-refractivity contribution >= 4 is 40.0 Å². The molecule has 1 aliphatic rings. The SMILES string of the molecule is CNS(=O)(=O)c1ccc(CN=C(N)N2CCCCC2)cc1.I. The minimum atomic E-state index is -3.38. The van der Waals surface area contributed by atoms with Crippen molar-refractivity contribution in [1.29, 1.82) is 0 Å². The molecule has 0 bridgehead atoms. The van der Waals surface area contributed by atoms with E-state index in [1.165, 1.54) is 13.5 Å². The van der Waals surface area contributed by atoms with Crippen molar-refractivity contribution < 1.29 is 8.42 Å². The van der Waals surface area contributed by atoms with Gasteiger partial charge in [-0.1, -0.05) is 12.1 Å². The van der Waals surface area contributed by atoms with E-state index in [0.29, 0.717) is 12.5 Å². The van der Waals surface area contributed by atoms with Crippen LogP contribution in [-0.2, 0) is 16.6 Å². The van der Waals surface area contributed by atoms with Gasteiger partial charge in [0.25, 0.3) is 0 Å². The van der Waals surface area contributed by atoms with Crippen LogP contribution in [0.5, 0.6) is 0 Å². The van der Waals surface area contributed by atoms with E-state index in [1.54, 1.807) is 24.3 Å². The first-order valence-electron chi connectivity index (χ1n) is 7.10. The molecule has 0 spiro atoms. The van der Waals surface area contributed by atoms with Crippen LogP contribution in [0.2, 0.25) is 0 Å². The van der Waals surface area contributed by atoms with Gasteiger partial charge in [0.15, 0.2) is 5.96 Å². The van der Waals surface area contributed by atoms with Gasteiger partial charge in [-0.05, 0) is 44.0 Å². The lowest BCUT2D eigenvalue weighted by Gasteiger charge is -2.27. The zero-order valence-corrected chi connectivity index (χ0v) is 15.8. The number of guanidine groups is 1. The fourth-order valence-electron chi connectivity index (χ4n) is 2.29. The Morgan fingerprint density at radius 1 is 1.23 bits per heavy atom. The number of halogens is 1. The van der Waals surface area contributed by atoms with Crippen LogP contribution >= 0.6 is 24.0 Å². The van der Waals surface area contributed by atoms with E-state index in [1.807, 2.05) is 0 Å². The van der Waals surface area contributed by atoms with E-state index in [0.717, 1.165) is 31.5 Å². The van der Waals surface area contributed by atoms with Crippen LogP contribution in [-0.4, -0.2) is 39.4 Å². The Morgan fingerprint density at radius 2 is 1.82 bits per heavy atom. The number of sulfonamides is 1. The summed E-state index contributed by atoms with van der Waals surface area (Å²) in [4.78, 5) is 6.74. The lowest BCUT2D eigenvalue weighted by Crippen LogP contribution is -2.40. The van der Waals surface area contributed by atoms with Crippen molar-refractivity contribution in [2.24, 2.45) is 10.7 Å². The topological polar surface area (TPSA) is 87.8 Å². The number of piperidine rings is 1. The molecular weight excluding hydrogens is 415 g/mol. The number of rotatable bonds is 4.